The van der Waals surface area contributed by atoms with Crippen LogP contribution in [-0.2, 0) is 0 Å². The average Bonchev–Trinajstić information content (AvgIpc) is 3.60. The zero-order chi connectivity index (χ0) is 21.8. The van der Waals surface area contributed by atoms with Crippen molar-refractivity contribution in [1.82, 2.24) is 20.1 Å². The van der Waals surface area contributed by atoms with Crippen LogP contribution in [0.5, 0.6) is 0 Å². The van der Waals surface area contributed by atoms with Crippen LogP contribution in [0.1, 0.15) is 0 Å². The van der Waals surface area contributed by atoms with E-state index in [9.17, 15) is 0 Å². The number of aromatic nitrogens is 4. The minimum Gasteiger partial charge on any atom is -0.354 e. The molecule has 156 valence electrons. The van der Waals surface area contributed by atoms with Gasteiger partial charge in [-0.2, -0.15) is 0 Å². The molecule has 1 N–H and O–H groups in total. The third-order valence-electron chi connectivity index (χ3n) is 5.89. The molecule has 0 aliphatic carbocycles. The van der Waals surface area contributed by atoms with E-state index in [1.54, 1.807) is 11.3 Å². The number of benzene rings is 3. The summed E-state index contributed by atoms with van der Waals surface area (Å²) in [6, 6.07) is 28.7. The van der Waals surface area contributed by atoms with Gasteiger partial charge in [0.25, 0.3) is 0 Å². The Kier molecular flexibility index (Phi) is 3.95. The lowest BCUT2D eigenvalue weighted by Crippen LogP contribution is -1.83. The largest absolute Gasteiger partial charge is 0.354 e. The van der Waals surface area contributed by atoms with Crippen LogP contribution in [-0.4, -0.2) is 20.1 Å². The molecular formula is C27H16N4OS. The quantitative estimate of drug-likeness (QED) is 0.310. The molecule has 3 aromatic carbocycles. The standard InChI is InChI=1S/C27H16N4OS/c1-2-6-20-18(5-1)19-13-14-28-26(25(19)29-20)23-15-22(31-32-23)16-9-11-17(12-10-16)27-30-21-7-3-4-8-24(21)33-27/h1-15,29H. The smallest absolute Gasteiger partial charge is 0.187 e. The molecular weight excluding hydrogens is 428 g/mol. The SMILES string of the molecule is c1ccc2sc(-c3ccc(-c4cc(-c5nccc6c5[nH]c5ccccc56)on4)cc3)nc2c1. The Morgan fingerprint density at radius 1 is 0.788 bits per heavy atom. The molecule has 6 heteroatoms. The van der Waals surface area contributed by atoms with Crippen LogP contribution < -0.4 is 0 Å². The van der Waals surface area contributed by atoms with Crippen molar-refractivity contribution in [2.24, 2.45) is 0 Å². The maximum absolute atomic E-state index is 5.72. The van der Waals surface area contributed by atoms with Crippen LogP contribution in [0.4, 0.5) is 0 Å². The van der Waals surface area contributed by atoms with Crippen molar-refractivity contribution in [3.63, 3.8) is 0 Å². The van der Waals surface area contributed by atoms with Gasteiger partial charge in [-0.1, -0.05) is 59.8 Å². The van der Waals surface area contributed by atoms with Crippen LogP contribution in [0.25, 0.3) is 65.3 Å². The Labute approximate surface area is 192 Å². The Morgan fingerprint density at radius 2 is 1.61 bits per heavy atom. The number of hydrogen-bond acceptors (Lipinski definition) is 5. The van der Waals surface area contributed by atoms with Crippen molar-refractivity contribution < 1.29 is 4.52 Å². The number of H-pyrrole nitrogens is 1. The molecule has 0 spiro atoms. The molecule has 0 aliphatic heterocycles. The molecule has 4 heterocycles. The predicted molar refractivity (Wildman–Crippen MR) is 133 cm³/mol. The molecule has 5 nitrogen and oxygen atoms in total. The van der Waals surface area contributed by atoms with Gasteiger partial charge >= 0.3 is 0 Å². The molecule has 0 aliphatic rings. The van der Waals surface area contributed by atoms with E-state index in [1.165, 1.54) is 10.1 Å². The summed E-state index contributed by atoms with van der Waals surface area (Å²) in [6.45, 7) is 0. The summed E-state index contributed by atoms with van der Waals surface area (Å²) in [7, 11) is 0. The molecule has 0 radical (unpaired) electrons. The maximum Gasteiger partial charge on any atom is 0.187 e. The summed E-state index contributed by atoms with van der Waals surface area (Å²) in [5.74, 6) is 0.636. The van der Waals surface area contributed by atoms with Crippen molar-refractivity contribution in [3.05, 3.63) is 91.1 Å². The van der Waals surface area contributed by atoms with Crippen LogP contribution in [0.3, 0.4) is 0 Å². The highest BCUT2D eigenvalue weighted by Crippen LogP contribution is 2.34. The van der Waals surface area contributed by atoms with Crippen molar-refractivity contribution in [2.75, 3.05) is 0 Å². The number of fused-ring (bicyclic) bond motifs is 4. The Hall–Kier alpha value is -4.29. The molecule has 0 atom stereocenters. The van der Waals surface area contributed by atoms with E-state index in [-0.39, 0.29) is 0 Å². The monoisotopic (exact) mass is 444 g/mol. The second-order valence-electron chi connectivity index (χ2n) is 7.89. The minimum atomic E-state index is 0.636. The highest BCUT2D eigenvalue weighted by atomic mass is 32.1. The van der Waals surface area contributed by atoms with E-state index in [4.69, 9.17) is 9.51 Å². The number of aromatic amines is 1. The van der Waals surface area contributed by atoms with Crippen LogP contribution in [0, 0.1) is 0 Å². The summed E-state index contributed by atoms with van der Waals surface area (Å²) < 4.78 is 6.91. The molecule has 0 saturated carbocycles. The Balaban J connectivity index is 1.25. The first-order valence-corrected chi connectivity index (χ1v) is 11.4. The molecule has 0 unspecified atom stereocenters. The van der Waals surface area contributed by atoms with Gasteiger partial charge in [0, 0.05) is 39.7 Å². The Bertz CT molecular complexity index is 1740. The first-order chi connectivity index (χ1) is 16.3. The van der Waals surface area contributed by atoms with E-state index < -0.39 is 0 Å². The van der Waals surface area contributed by atoms with E-state index in [1.807, 2.05) is 48.7 Å². The zero-order valence-electron chi connectivity index (χ0n) is 17.3. The summed E-state index contributed by atoms with van der Waals surface area (Å²) in [6.07, 6.45) is 1.81. The fourth-order valence-corrected chi connectivity index (χ4v) is 5.23. The lowest BCUT2D eigenvalue weighted by molar-refractivity contribution is 0.434. The topological polar surface area (TPSA) is 67.6 Å². The van der Waals surface area contributed by atoms with Crippen LogP contribution in [0.15, 0.2) is 95.6 Å². The van der Waals surface area contributed by atoms with E-state index in [2.05, 4.69) is 57.6 Å². The second kappa shape index (κ2) is 7.12. The molecule has 7 aromatic rings. The fraction of sp³-hybridized carbons (Fsp3) is 0. The van der Waals surface area contributed by atoms with Gasteiger partial charge in [-0.25, -0.2) is 4.98 Å². The molecule has 0 bridgehead atoms. The third-order valence-corrected chi connectivity index (χ3v) is 6.98. The predicted octanol–water partition coefficient (Wildman–Crippen LogP) is 7.31. The highest BCUT2D eigenvalue weighted by Gasteiger charge is 2.16. The molecule has 33 heavy (non-hydrogen) atoms. The van der Waals surface area contributed by atoms with Crippen molar-refractivity contribution in [1.29, 1.82) is 0 Å². The van der Waals surface area contributed by atoms with Crippen molar-refractivity contribution >= 4 is 43.4 Å². The van der Waals surface area contributed by atoms with Gasteiger partial charge in [0.05, 0.1) is 15.7 Å². The molecule has 7 rings (SSSR count). The van der Waals surface area contributed by atoms with Crippen LogP contribution in [0.2, 0.25) is 0 Å². The molecule has 0 saturated heterocycles. The second-order valence-corrected chi connectivity index (χ2v) is 8.92. The number of para-hydroxylation sites is 2. The normalized spacial score (nSPS) is 11.6. The van der Waals surface area contributed by atoms with E-state index in [0.29, 0.717) is 5.76 Å². The van der Waals surface area contributed by atoms with Gasteiger partial charge in [0.1, 0.15) is 16.4 Å². The lowest BCUT2D eigenvalue weighted by Gasteiger charge is -1.99. The number of rotatable bonds is 3. The summed E-state index contributed by atoms with van der Waals surface area (Å²) in [5, 5.41) is 7.62. The van der Waals surface area contributed by atoms with Gasteiger partial charge in [-0.15, -0.1) is 11.3 Å². The summed E-state index contributed by atoms with van der Waals surface area (Å²) in [5.41, 5.74) is 6.66. The third kappa shape index (κ3) is 2.96. The number of nitrogens with zero attached hydrogens (tertiary/aromatic N) is 3. The van der Waals surface area contributed by atoms with Crippen LogP contribution >= 0.6 is 11.3 Å². The molecule has 4 aromatic heterocycles. The summed E-state index contributed by atoms with van der Waals surface area (Å²) >= 11 is 1.70. The molecule has 0 fully saturated rings. The first kappa shape index (κ1) is 18.3. The number of nitrogens with one attached hydrogen (secondary N) is 1. The Morgan fingerprint density at radius 3 is 2.52 bits per heavy atom. The fourth-order valence-electron chi connectivity index (χ4n) is 4.26. The lowest BCUT2D eigenvalue weighted by atomic mass is 10.1. The van der Waals surface area contributed by atoms with E-state index in [0.717, 1.165) is 49.5 Å². The van der Waals surface area contributed by atoms with Gasteiger partial charge in [0.2, 0.25) is 0 Å². The zero-order valence-corrected chi connectivity index (χ0v) is 18.1. The van der Waals surface area contributed by atoms with Crippen molar-refractivity contribution in [3.8, 4) is 33.3 Å². The minimum absolute atomic E-state index is 0.636. The number of hydrogen-bond donors (Lipinski definition) is 1. The average molecular weight is 445 g/mol. The maximum atomic E-state index is 5.72. The number of thiazole rings is 1. The van der Waals surface area contributed by atoms with Gasteiger partial charge in [-0.05, 0) is 24.3 Å². The van der Waals surface area contributed by atoms with E-state index >= 15 is 0 Å². The van der Waals surface area contributed by atoms with Crippen molar-refractivity contribution in [2.45, 2.75) is 0 Å². The van der Waals surface area contributed by atoms with Gasteiger partial charge < -0.3 is 9.51 Å². The first-order valence-electron chi connectivity index (χ1n) is 10.6. The highest BCUT2D eigenvalue weighted by molar-refractivity contribution is 7.21. The number of pyridine rings is 1. The van der Waals surface area contributed by atoms with Gasteiger partial charge in [0.15, 0.2) is 5.76 Å². The van der Waals surface area contributed by atoms with Gasteiger partial charge in [-0.3, -0.25) is 4.98 Å². The summed E-state index contributed by atoms with van der Waals surface area (Å²) in [4.78, 5) is 12.8. The molecule has 0 amide bonds.